The molecule has 2 N–H and O–H groups in total. The van der Waals surface area contributed by atoms with Crippen molar-refractivity contribution in [2.45, 2.75) is 39.0 Å². The lowest BCUT2D eigenvalue weighted by atomic mass is 10.1. The molecule has 1 aliphatic rings. The van der Waals surface area contributed by atoms with Gasteiger partial charge in [-0.1, -0.05) is 20.3 Å². The van der Waals surface area contributed by atoms with Crippen molar-refractivity contribution >= 4 is 41.3 Å². The van der Waals surface area contributed by atoms with Crippen LogP contribution in [0.15, 0.2) is 21.8 Å². The molecule has 1 saturated heterocycles. The van der Waals surface area contributed by atoms with Gasteiger partial charge < -0.3 is 15.5 Å². The first-order valence-corrected chi connectivity index (χ1v) is 9.82. The second-order valence-corrected chi connectivity index (χ2v) is 7.54. The summed E-state index contributed by atoms with van der Waals surface area (Å²) in [5.74, 6) is 2.06. The summed E-state index contributed by atoms with van der Waals surface area (Å²) >= 11 is 1.76. The molecule has 1 aromatic rings. The highest BCUT2D eigenvalue weighted by Gasteiger charge is 2.14. The van der Waals surface area contributed by atoms with Crippen LogP contribution < -0.4 is 10.6 Å². The number of likely N-dealkylation sites (tertiary alicyclic amines) is 1. The van der Waals surface area contributed by atoms with E-state index in [1.54, 1.807) is 11.3 Å². The third kappa shape index (κ3) is 7.70. The van der Waals surface area contributed by atoms with E-state index in [1.165, 1.54) is 44.5 Å². The summed E-state index contributed by atoms with van der Waals surface area (Å²) in [5, 5.41) is 11.3. The topological polar surface area (TPSA) is 39.7 Å². The zero-order valence-corrected chi connectivity index (χ0v) is 18.4. The fraction of sp³-hybridized carbons (Fsp3) is 0.722. The van der Waals surface area contributed by atoms with Crippen LogP contribution in [0.5, 0.6) is 0 Å². The highest BCUT2D eigenvalue weighted by atomic mass is 127. The number of nitrogens with one attached hydrogen (secondary N) is 2. The van der Waals surface area contributed by atoms with E-state index in [1.807, 2.05) is 7.05 Å². The van der Waals surface area contributed by atoms with Crippen LogP contribution >= 0.6 is 35.3 Å². The first-order valence-electron chi connectivity index (χ1n) is 8.88. The van der Waals surface area contributed by atoms with Crippen molar-refractivity contribution in [2.75, 3.05) is 39.8 Å². The average molecular weight is 464 g/mol. The monoisotopic (exact) mass is 464 g/mol. The maximum absolute atomic E-state index is 4.34. The molecule has 0 aliphatic carbocycles. The van der Waals surface area contributed by atoms with E-state index in [2.05, 4.69) is 51.2 Å². The molecule has 1 fully saturated rings. The summed E-state index contributed by atoms with van der Waals surface area (Å²) in [7, 11) is 1.85. The van der Waals surface area contributed by atoms with Crippen molar-refractivity contribution < 1.29 is 0 Å². The predicted molar refractivity (Wildman–Crippen MR) is 117 cm³/mol. The molecule has 0 bridgehead atoms. The van der Waals surface area contributed by atoms with Gasteiger partial charge in [-0.3, -0.25) is 4.99 Å². The fourth-order valence-corrected chi connectivity index (χ4v) is 3.84. The molecule has 4 nitrogen and oxygen atoms in total. The van der Waals surface area contributed by atoms with Crippen LogP contribution in [-0.4, -0.2) is 50.6 Å². The zero-order chi connectivity index (χ0) is 16.5. The van der Waals surface area contributed by atoms with Crippen LogP contribution in [0.2, 0.25) is 0 Å². The number of nitrogens with zero attached hydrogens (tertiary/aromatic N) is 2. The molecular weight excluding hydrogens is 431 g/mol. The Hall–Kier alpha value is -0.340. The molecule has 1 aliphatic heterocycles. The van der Waals surface area contributed by atoms with E-state index in [-0.39, 0.29) is 24.0 Å². The number of hydrogen-bond acceptors (Lipinski definition) is 3. The minimum absolute atomic E-state index is 0. The van der Waals surface area contributed by atoms with E-state index >= 15 is 0 Å². The van der Waals surface area contributed by atoms with Gasteiger partial charge in [-0.15, -0.1) is 24.0 Å². The standard InChI is InChI=1S/C18H32N4S.HI/c1-15(13-22-8-5-4-6-9-22)11-20-18(19-3)21-12-16(2)17-7-10-23-14-17;/h7,10,14-16H,4-6,8-9,11-13H2,1-3H3,(H2,19,20,21);1H. The van der Waals surface area contributed by atoms with Gasteiger partial charge in [0.15, 0.2) is 5.96 Å². The number of aliphatic imine (C=N–C) groups is 1. The molecule has 138 valence electrons. The predicted octanol–water partition coefficient (Wildman–Crippen LogP) is 3.76. The van der Waals surface area contributed by atoms with Gasteiger partial charge in [-0.2, -0.15) is 11.3 Å². The number of hydrogen-bond donors (Lipinski definition) is 2. The van der Waals surface area contributed by atoms with Gasteiger partial charge in [0.25, 0.3) is 0 Å². The van der Waals surface area contributed by atoms with E-state index in [0.717, 1.165) is 19.0 Å². The summed E-state index contributed by atoms with van der Waals surface area (Å²) in [6.07, 6.45) is 4.13. The van der Waals surface area contributed by atoms with E-state index in [4.69, 9.17) is 0 Å². The molecular formula is C18H33IN4S. The Labute approximate surface area is 168 Å². The Morgan fingerprint density at radius 1 is 1.21 bits per heavy atom. The maximum Gasteiger partial charge on any atom is 0.191 e. The van der Waals surface area contributed by atoms with Crippen LogP contribution in [0, 0.1) is 5.92 Å². The molecule has 0 aromatic carbocycles. The van der Waals surface area contributed by atoms with Gasteiger partial charge in [-0.25, -0.2) is 0 Å². The molecule has 0 radical (unpaired) electrons. The van der Waals surface area contributed by atoms with Gasteiger partial charge >= 0.3 is 0 Å². The summed E-state index contributed by atoms with van der Waals surface area (Å²) in [6, 6.07) is 2.20. The summed E-state index contributed by atoms with van der Waals surface area (Å²) < 4.78 is 0. The smallest absolute Gasteiger partial charge is 0.191 e. The minimum Gasteiger partial charge on any atom is -0.356 e. The number of rotatable bonds is 7. The number of thiophene rings is 1. The second-order valence-electron chi connectivity index (χ2n) is 6.76. The first kappa shape index (κ1) is 21.7. The largest absolute Gasteiger partial charge is 0.356 e. The van der Waals surface area contributed by atoms with E-state index in [0.29, 0.717) is 11.8 Å². The van der Waals surface area contributed by atoms with Crippen molar-refractivity contribution in [1.29, 1.82) is 0 Å². The summed E-state index contributed by atoms with van der Waals surface area (Å²) in [6.45, 7) is 10.2. The Morgan fingerprint density at radius 2 is 1.92 bits per heavy atom. The van der Waals surface area contributed by atoms with Crippen LogP contribution in [0.4, 0.5) is 0 Å². The number of piperidine rings is 1. The Balaban J connectivity index is 0.00000288. The maximum atomic E-state index is 4.34. The lowest BCUT2D eigenvalue weighted by Gasteiger charge is -2.29. The molecule has 1 aromatic heterocycles. The molecule has 2 unspecified atom stereocenters. The Bertz CT molecular complexity index is 458. The second kappa shape index (κ2) is 12.1. The van der Waals surface area contributed by atoms with Gasteiger partial charge in [-0.05, 0) is 60.2 Å². The summed E-state index contributed by atoms with van der Waals surface area (Å²) in [5.41, 5.74) is 1.40. The van der Waals surface area contributed by atoms with E-state index in [9.17, 15) is 0 Å². The van der Waals surface area contributed by atoms with Crippen LogP contribution in [0.3, 0.4) is 0 Å². The molecule has 0 amide bonds. The first-order chi connectivity index (χ1) is 11.2. The Morgan fingerprint density at radius 3 is 2.54 bits per heavy atom. The average Bonchev–Trinajstić information content (AvgIpc) is 3.10. The molecule has 6 heteroatoms. The van der Waals surface area contributed by atoms with Crippen molar-refractivity contribution in [1.82, 2.24) is 15.5 Å². The van der Waals surface area contributed by atoms with Crippen molar-refractivity contribution in [3.63, 3.8) is 0 Å². The van der Waals surface area contributed by atoms with Crippen LogP contribution in [0.25, 0.3) is 0 Å². The van der Waals surface area contributed by atoms with E-state index < -0.39 is 0 Å². The third-order valence-corrected chi connectivity index (χ3v) is 5.25. The highest BCUT2D eigenvalue weighted by molar-refractivity contribution is 14.0. The molecule has 24 heavy (non-hydrogen) atoms. The van der Waals surface area contributed by atoms with Crippen LogP contribution in [-0.2, 0) is 0 Å². The van der Waals surface area contributed by atoms with Gasteiger partial charge in [0.1, 0.15) is 0 Å². The SMILES string of the molecule is CN=C(NCC(C)CN1CCCCC1)NCC(C)c1ccsc1.I. The zero-order valence-electron chi connectivity index (χ0n) is 15.3. The lowest BCUT2D eigenvalue weighted by Crippen LogP contribution is -2.43. The molecule has 2 rings (SSSR count). The molecule has 0 spiro atoms. The normalized spacial score (nSPS) is 18.5. The van der Waals surface area contributed by atoms with Gasteiger partial charge in [0.05, 0.1) is 0 Å². The molecule has 0 saturated carbocycles. The van der Waals surface area contributed by atoms with Crippen molar-refractivity contribution in [2.24, 2.45) is 10.9 Å². The molecule has 2 heterocycles. The third-order valence-electron chi connectivity index (χ3n) is 4.55. The molecule has 2 atom stereocenters. The van der Waals surface area contributed by atoms with Gasteiger partial charge in [0, 0.05) is 26.7 Å². The van der Waals surface area contributed by atoms with Gasteiger partial charge in [0.2, 0.25) is 0 Å². The van der Waals surface area contributed by atoms with Crippen molar-refractivity contribution in [3.05, 3.63) is 22.4 Å². The summed E-state index contributed by atoms with van der Waals surface area (Å²) in [4.78, 5) is 6.95. The minimum atomic E-state index is 0. The van der Waals surface area contributed by atoms with Crippen molar-refractivity contribution in [3.8, 4) is 0 Å². The fourth-order valence-electron chi connectivity index (χ4n) is 3.06. The number of halogens is 1. The Kier molecular flexibility index (Phi) is 10.9. The highest BCUT2D eigenvalue weighted by Crippen LogP contribution is 2.17. The quantitative estimate of drug-likeness (QED) is 0.367. The number of guanidine groups is 1. The lowest BCUT2D eigenvalue weighted by molar-refractivity contribution is 0.201. The van der Waals surface area contributed by atoms with Crippen LogP contribution in [0.1, 0.15) is 44.6 Å².